The maximum Gasteiger partial charge on any atom is 0.215 e. The summed E-state index contributed by atoms with van der Waals surface area (Å²) in [6.45, 7) is 2.68. The number of hydrogen-bond donors (Lipinski definition) is 2. The first kappa shape index (κ1) is 13.9. The van der Waals surface area contributed by atoms with Crippen molar-refractivity contribution in [3.63, 3.8) is 0 Å². The summed E-state index contributed by atoms with van der Waals surface area (Å²) >= 11 is 0. The van der Waals surface area contributed by atoms with Gasteiger partial charge in [-0.3, -0.25) is 0 Å². The predicted octanol–water partition coefficient (Wildman–Crippen LogP) is 0.0844. The van der Waals surface area contributed by atoms with Crippen LogP contribution in [0.3, 0.4) is 0 Å². The van der Waals surface area contributed by atoms with Crippen LogP contribution < -0.4 is 10.0 Å². The Labute approximate surface area is 98.0 Å². The number of methoxy groups -OCH3 is 1. The van der Waals surface area contributed by atoms with Crippen molar-refractivity contribution in [3.05, 3.63) is 0 Å². The Balaban J connectivity index is 2.11. The molecule has 0 spiro atoms. The van der Waals surface area contributed by atoms with Gasteiger partial charge in [-0.15, -0.1) is 0 Å². The smallest absolute Gasteiger partial charge is 0.215 e. The lowest BCUT2D eigenvalue weighted by Gasteiger charge is -2.11. The molecule has 1 fully saturated rings. The van der Waals surface area contributed by atoms with Crippen molar-refractivity contribution in [1.82, 2.24) is 10.0 Å². The first-order chi connectivity index (χ1) is 7.67. The molecular formula is C10H22N2O3S. The molecule has 0 radical (unpaired) electrons. The molecule has 5 nitrogen and oxygen atoms in total. The normalized spacial score (nSPS) is 21.4. The van der Waals surface area contributed by atoms with E-state index in [4.69, 9.17) is 4.74 Å². The van der Waals surface area contributed by atoms with E-state index in [0.29, 0.717) is 13.1 Å². The summed E-state index contributed by atoms with van der Waals surface area (Å²) in [7, 11) is -1.42. The number of nitrogens with one attached hydrogen (secondary N) is 2. The molecule has 1 aliphatic heterocycles. The van der Waals surface area contributed by atoms with Crippen LogP contribution in [0.25, 0.3) is 0 Å². The fourth-order valence-electron chi connectivity index (χ4n) is 1.77. The highest BCUT2D eigenvalue weighted by atomic mass is 32.2. The van der Waals surface area contributed by atoms with Gasteiger partial charge in [0.2, 0.25) is 10.0 Å². The van der Waals surface area contributed by atoms with Crippen molar-refractivity contribution in [2.45, 2.75) is 30.9 Å². The highest BCUT2D eigenvalue weighted by Crippen LogP contribution is 2.08. The van der Waals surface area contributed by atoms with Gasteiger partial charge in [0.1, 0.15) is 0 Å². The van der Waals surface area contributed by atoms with Gasteiger partial charge in [-0.05, 0) is 32.2 Å². The Bertz CT molecular complexity index is 274. The molecule has 6 heteroatoms. The summed E-state index contributed by atoms with van der Waals surface area (Å²) in [5.74, 6) is 0. The van der Waals surface area contributed by atoms with Gasteiger partial charge in [0.25, 0.3) is 0 Å². The van der Waals surface area contributed by atoms with Gasteiger partial charge in [0.05, 0.1) is 5.25 Å². The standard InChI is InChI=1S/C10H22N2O3S/c1-15-8-4-2-3-6-12-16(13,14)10-5-7-11-9-10/h10-12H,2-9H2,1H3. The average molecular weight is 250 g/mol. The van der Waals surface area contributed by atoms with E-state index in [1.54, 1.807) is 7.11 Å². The zero-order valence-corrected chi connectivity index (χ0v) is 10.7. The van der Waals surface area contributed by atoms with E-state index in [0.717, 1.165) is 38.8 Å². The summed E-state index contributed by atoms with van der Waals surface area (Å²) in [6.07, 6.45) is 3.59. The van der Waals surface area contributed by atoms with Crippen molar-refractivity contribution in [2.75, 3.05) is 33.4 Å². The quantitative estimate of drug-likeness (QED) is 0.599. The van der Waals surface area contributed by atoms with Crippen LogP contribution in [0, 0.1) is 0 Å². The van der Waals surface area contributed by atoms with E-state index in [9.17, 15) is 8.42 Å². The second kappa shape index (κ2) is 7.21. The molecule has 0 aromatic rings. The summed E-state index contributed by atoms with van der Waals surface area (Å²) in [6, 6.07) is 0. The van der Waals surface area contributed by atoms with E-state index in [-0.39, 0.29) is 5.25 Å². The first-order valence-electron chi connectivity index (χ1n) is 5.85. The third-order valence-electron chi connectivity index (χ3n) is 2.78. The number of rotatable bonds is 8. The molecule has 1 rings (SSSR count). The molecule has 1 unspecified atom stereocenters. The molecule has 0 saturated carbocycles. The molecule has 1 atom stereocenters. The summed E-state index contributed by atoms with van der Waals surface area (Å²) in [4.78, 5) is 0. The van der Waals surface area contributed by atoms with Crippen molar-refractivity contribution >= 4 is 10.0 Å². The van der Waals surface area contributed by atoms with E-state index in [1.165, 1.54) is 0 Å². The second-order valence-electron chi connectivity index (χ2n) is 4.11. The molecule has 1 aliphatic rings. The molecule has 0 aromatic heterocycles. The molecule has 0 aliphatic carbocycles. The van der Waals surface area contributed by atoms with E-state index in [2.05, 4.69) is 10.0 Å². The molecule has 1 saturated heterocycles. The zero-order chi connectivity index (χ0) is 11.9. The van der Waals surface area contributed by atoms with Gasteiger partial charge in [-0.2, -0.15) is 0 Å². The lowest BCUT2D eigenvalue weighted by molar-refractivity contribution is 0.192. The van der Waals surface area contributed by atoms with Crippen molar-refractivity contribution < 1.29 is 13.2 Å². The van der Waals surface area contributed by atoms with Crippen LogP contribution in [0.5, 0.6) is 0 Å². The fraction of sp³-hybridized carbons (Fsp3) is 1.00. The molecule has 0 aromatic carbocycles. The first-order valence-corrected chi connectivity index (χ1v) is 7.39. The van der Waals surface area contributed by atoms with Gasteiger partial charge in [-0.1, -0.05) is 0 Å². The molecule has 96 valence electrons. The molecule has 16 heavy (non-hydrogen) atoms. The molecule has 0 bridgehead atoms. The Morgan fingerprint density at radius 1 is 1.38 bits per heavy atom. The summed E-state index contributed by atoms with van der Waals surface area (Å²) < 4.78 is 31.1. The Morgan fingerprint density at radius 3 is 2.81 bits per heavy atom. The van der Waals surface area contributed by atoms with Gasteiger partial charge in [-0.25, -0.2) is 13.1 Å². The lowest BCUT2D eigenvalue weighted by Crippen LogP contribution is -2.36. The highest BCUT2D eigenvalue weighted by molar-refractivity contribution is 7.90. The van der Waals surface area contributed by atoms with Gasteiger partial charge in [0, 0.05) is 26.8 Å². The number of unbranched alkanes of at least 4 members (excludes halogenated alkanes) is 2. The molecular weight excluding hydrogens is 228 g/mol. The molecule has 2 N–H and O–H groups in total. The molecule has 0 amide bonds. The number of sulfonamides is 1. The largest absolute Gasteiger partial charge is 0.385 e. The Kier molecular flexibility index (Phi) is 6.26. The third kappa shape index (κ3) is 4.78. The third-order valence-corrected chi connectivity index (χ3v) is 4.67. The number of hydrogen-bond acceptors (Lipinski definition) is 4. The van der Waals surface area contributed by atoms with Crippen LogP contribution in [0.15, 0.2) is 0 Å². The zero-order valence-electron chi connectivity index (χ0n) is 9.87. The SMILES string of the molecule is COCCCCCNS(=O)(=O)C1CCNC1. The predicted molar refractivity (Wildman–Crippen MR) is 63.9 cm³/mol. The van der Waals surface area contributed by atoms with Crippen LogP contribution in [0.1, 0.15) is 25.7 Å². The van der Waals surface area contributed by atoms with Crippen LogP contribution in [-0.2, 0) is 14.8 Å². The van der Waals surface area contributed by atoms with E-state index < -0.39 is 10.0 Å². The van der Waals surface area contributed by atoms with Gasteiger partial charge >= 0.3 is 0 Å². The van der Waals surface area contributed by atoms with Crippen LogP contribution in [-0.4, -0.2) is 47.0 Å². The van der Waals surface area contributed by atoms with Crippen LogP contribution in [0.2, 0.25) is 0 Å². The minimum absolute atomic E-state index is 0.244. The maximum atomic E-state index is 11.7. The van der Waals surface area contributed by atoms with E-state index in [1.807, 2.05) is 0 Å². The molecule has 1 heterocycles. The maximum absolute atomic E-state index is 11.7. The monoisotopic (exact) mass is 250 g/mol. The van der Waals surface area contributed by atoms with E-state index >= 15 is 0 Å². The van der Waals surface area contributed by atoms with Gasteiger partial charge < -0.3 is 10.1 Å². The summed E-state index contributed by atoms with van der Waals surface area (Å²) in [5.41, 5.74) is 0. The minimum Gasteiger partial charge on any atom is -0.385 e. The van der Waals surface area contributed by atoms with Crippen molar-refractivity contribution in [2.24, 2.45) is 0 Å². The Hall–Kier alpha value is -0.170. The van der Waals surface area contributed by atoms with Crippen molar-refractivity contribution in [3.8, 4) is 0 Å². The summed E-state index contributed by atoms with van der Waals surface area (Å²) in [5, 5.41) is 2.82. The highest BCUT2D eigenvalue weighted by Gasteiger charge is 2.27. The fourth-order valence-corrected chi connectivity index (χ4v) is 3.20. The Morgan fingerprint density at radius 2 is 2.19 bits per heavy atom. The van der Waals surface area contributed by atoms with Crippen LogP contribution >= 0.6 is 0 Å². The number of ether oxygens (including phenoxy) is 1. The van der Waals surface area contributed by atoms with Gasteiger partial charge in [0.15, 0.2) is 0 Å². The topological polar surface area (TPSA) is 67.4 Å². The second-order valence-corrected chi connectivity index (χ2v) is 6.15. The van der Waals surface area contributed by atoms with Crippen LogP contribution in [0.4, 0.5) is 0 Å². The average Bonchev–Trinajstić information content (AvgIpc) is 2.77. The lowest BCUT2D eigenvalue weighted by atomic mass is 10.2. The van der Waals surface area contributed by atoms with Crippen molar-refractivity contribution in [1.29, 1.82) is 0 Å². The minimum atomic E-state index is -3.10.